The first-order valence-corrected chi connectivity index (χ1v) is 11.2. The lowest BCUT2D eigenvalue weighted by Crippen LogP contribution is -2.34. The van der Waals surface area contributed by atoms with Crippen molar-refractivity contribution in [2.24, 2.45) is 0 Å². The SMILES string of the molecule is Cc1ccc(-n2ccnc2SCC(=O)Nn2cnc3sc(C)c(C)c3c2=O)c(C)c1. The van der Waals surface area contributed by atoms with Crippen LogP contribution < -0.4 is 11.0 Å². The molecule has 0 radical (unpaired) electrons. The van der Waals surface area contributed by atoms with Gasteiger partial charge in [-0.15, -0.1) is 11.3 Å². The van der Waals surface area contributed by atoms with E-state index < -0.39 is 0 Å². The van der Waals surface area contributed by atoms with E-state index in [9.17, 15) is 9.59 Å². The Morgan fingerprint density at radius 2 is 2.00 bits per heavy atom. The number of rotatable bonds is 5. The van der Waals surface area contributed by atoms with Crippen LogP contribution in [0.5, 0.6) is 0 Å². The van der Waals surface area contributed by atoms with Gasteiger partial charge in [0.15, 0.2) is 5.16 Å². The van der Waals surface area contributed by atoms with Crippen molar-refractivity contribution in [2.45, 2.75) is 32.9 Å². The summed E-state index contributed by atoms with van der Waals surface area (Å²) in [5.74, 6) is -0.184. The summed E-state index contributed by atoms with van der Waals surface area (Å²) in [7, 11) is 0. The predicted molar refractivity (Wildman–Crippen MR) is 121 cm³/mol. The van der Waals surface area contributed by atoms with E-state index in [1.54, 1.807) is 6.20 Å². The van der Waals surface area contributed by atoms with E-state index in [1.807, 2.05) is 43.7 Å². The second kappa shape index (κ2) is 8.08. The Morgan fingerprint density at radius 3 is 2.77 bits per heavy atom. The van der Waals surface area contributed by atoms with Crippen LogP contribution in [-0.4, -0.2) is 30.9 Å². The van der Waals surface area contributed by atoms with Crippen LogP contribution in [0, 0.1) is 27.7 Å². The van der Waals surface area contributed by atoms with Crippen molar-refractivity contribution < 1.29 is 4.79 Å². The summed E-state index contributed by atoms with van der Waals surface area (Å²) in [6, 6.07) is 6.20. The zero-order valence-electron chi connectivity index (χ0n) is 17.1. The molecule has 0 aliphatic carbocycles. The van der Waals surface area contributed by atoms with Crippen molar-refractivity contribution in [2.75, 3.05) is 11.2 Å². The highest BCUT2D eigenvalue weighted by Gasteiger charge is 2.15. The van der Waals surface area contributed by atoms with Gasteiger partial charge in [-0.1, -0.05) is 29.5 Å². The Balaban J connectivity index is 1.50. The molecule has 30 heavy (non-hydrogen) atoms. The molecule has 4 rings (SSSR count). The number of fused-ring (bicyclic) bond motifs is 1. The predicted octanol–water partition coefficient (Wildman–Crippen LogP) is 3.74. The molecule has 154 valence electrons. The van der Waals surface area contributed by atoms with Crippen LogP contribution in [0.4, 0.5) is 0 Å². The number of amides is 1. The summed E-state index contributed by atoms with van der Waals surface area (Å²) < 4.78 is 3.12. The number of thiophene rings is 1. The van der Waals surface area contributed by atoms with Crippen LogP contribution >= 0.6 is 23.1 Å². The fourth-order valence-corrected chi connectivity index (χ4v) is 5.01. The molecular formula is C21H21N5O2S2. The molecule has 1 aromatic carbocycles. The Kier molecular flexibility index (Phi) is 5.48. The lowest BCUT2D eigenvalue weighted by molar-refractivity contribution is -0.114. The number of aromatic nitrogens is 4. The van der Waals surface area contributed by atoms with Crippen molar-refractivity contribution in [3.8, 4) is 5.69 Å². The lowest BCUT2D eigenvalue weighted by Gasteiger charge is -2.11. The van der Waals surface area contributed by atoms with Gasteiger partial charge in [-0.05, 0) is 44.9 Å². The molecule has 0 unspecified atom stereocenters. The van der Waals surface area contributed by atoms with Crippen LogP contribution in [0.15, 0.2) is 46.9 Å². The fraction of sp³-hybridized carbons (Fsp3) is 0.238. The van der Waals surface area contributed by atoms with Gasteiger partial charge in [-0.2, -0.15) is 0 Å². The van der Waals surface area contributed by atoms with Gasteiger partial charge in [0.05, 0.1) is 16.8 Å². The van der Waals surface area contributed by atoms with Crippen LogP contribution in [0.25, 0.3) is 15.9 Å². The maximum absolute atomic E-state index is 12.7. The van der Waals surface area contributed by atoms with E-state index in [4.69, 9.17) is 0 Å². The minimum atomic E-state index is -0.303. The molecule has 7 nitrogen and oxygen atoms in total. The first-order valence-electron chi connectivity index (χ1n) is 9.36. The van der Waals surface area contributed by atoms with E-state index in [-0.39, 0.29) is 17.2 Å². The van der Waals surface area contributed by atoms with E-state index in [0.29, 0.717) is 15.4 Å². The number of nitrogens with one attached hydrogen (secondary N) is 1. The maximum atomic E-state index is 12.7. The van der Waals surface area contributed by atoms with Crippen molar-refractivity contribution in [3.05, 3.63) is 68.8 Å². The number of thioether (sulfide) groups is 1. The first-order chi connectivity index (χ1) is 14.3. The second-order valence-electron chi connectivity index (χ2n) is 7.08. The van der Waals surface area contributed by atoms with Crippen molar-refractivity contribution in [1.82, 2.24) is 19.2 Å². The van der Waals surface area contributed by atoms with E-state index in [2.05, 4.69) is 28.4 Å². The van der Waals surface area contributed by atoms with Gasteiger partial charge in [-0.3, -0.25) is 19.6 Å². The molecule has 3 aromatic heterocycles. The van der Waals surface area contributed by atoms with Gasteiger partial charge in [0.2, 0.25) is 5.91 Å². The van der Waals surface area contributed by atoms with Gasteiger partial charge in [-0.25, -0.2) is 14.6 Å². The lowest BCUT2D eigenvalue weighted by atomic mass is 10.1. The second-order valence-corrected chi connectivity index (χ2v) is 9.22. The third-order valence-corrected chi connectivity index (χ3v) is 6.97. The van der Waals surface area contributed by atoms with Crippen LogP contribution in [0.1, 0.15) is 21.6 Å². The molecule has 9 heteroatoms. The Labute approximate surface area is 181 Å². The molecule has 0 spiro atoms. The molecule has 4 aromatic rings. The molecule has 0 aliphatic heterocycles. The molecule has 1 amide bonds. The zero-order chi connectivity index (χ0) is 21.4. The molecule has 0 aliphatic rings. The summed E-state index contributed by atoms with van der Waals surface area (Å²) in [6.07, 6.45) is 4.95. The van der Waals surface area contributed by atoms with Crippen LogP contribution in [0.2, 0.25) is 0 Å². The minimum Gasteiger partial charge on any atom is -0.295 e. The Hall–Kier alpha value is -2.91. The highest BCUT2D eigenvalue weighted by molar-refractivity contribution is 7.99. The average molecular weight is 440 g/mol. The largest absolute Gasteiger partial charge is 0.295 e. The first kappa shape index (κ1) is 20.4. The summed E-state index contributed by atoms with van der Waals surface area (Å²) >= 11 is 2.79. The van der Waals surface area contributed by atoms with Crippen molar-refractivity contribution >= 4 is 39.2 Å². The number of imidazole rings is 1. The maximum Gasteiger partial charge on any atom is 0.281 e. The average Bonchev–Trinajstić information content (AvgIpc) is 3.27. The van der Waals surface area contributed by atoms with Crippen LogP contribution in [-0.2, 0) is 4.79 Å². The van der Waals surface area contributed by atoms with E-state index in [0.717, 1.165) is 26.4 Å². The van der Waals surface area contributed by atoms with E-state index >= 15 is 0 Å². The molecule has 0 saturated heterocycles. The topological polar surface area (TPSA) is 81.8 Å². The summed E-state index contributed by atoms with van der Waals surface area (Å²) in [6.45, 7) is 7.95. The number of hydrogen-bond donors (Lipinski definition) is 1. The molecule has 0 bridgehead atoms. The highest BCUT2D eigenvalue weighted by atomic mass is 32.2. The minimum absolute atomic E-state index is 0.119. The molecule has 0 saturated carbocycles. The van der Waals surface area contributed by atoms with Crippen molar-refractivity contribution in [3.63, 3.8) is 0 Å². The smallest absolute Gasteiger partial charge is 0.281 e. The quantitative estimate of drug-likeness (QED) is 0.479. The molecule has 1 N–H and O–H groups in total. The molecular weight excluding hydrogens is 418 g/mol. The van der Waals surface area contributed by atoms with Gasteiger partial charge < -0.3 is 0 Å². The van der Waals surface area contributed by atoms with Gasteiger partial charge in [0.1, 0.15) is 11.2 Å². The molecule has 0 fully saturated rings. The third kappa shape index (κ3) is 3.78. The summed E-state index contributed by atoms with van der Waals surface area (Å²) in [5.41, 5.74) is 6.61. The number of nitrogens with zero attached hydrogens (tertiary/aromatic N) is 4. The Morgan fingerprint density at radius 1 is 1.20 bits per heavy atom. The fourth-order valence-electron chi connectivity index (χ4n) is 3.27. The standard InChI is InChI=1S/C21H21N5O2S2/c1-12-5-6-16(13(2)9-12)25-8-7-22-21(25)29-10-17(27)24-26-11-23-19-18(20(26)28)14(3)15(4)30-19/h5-9,11H,10H2,1-4H3,(H,24,27). The van der Waals surface area contributed by atoms with Crippen LogP contribution in [0.3, 0.4) is 0 Å². The number of carbonyl (C=O) groups is 1. The zero-order valence-corrected chi connectivity index (χ0v) is 18.7. The highest BCUT2D eigenvalue weighted by Crippen LogP contribution is 2.25. The van der Waals surface area contributed by atoms with E-state index in [1.165, 1.54) is 35.0 Å². The van der Waals surface area contributed by atoms with Gasteiger partial charge in [0.25, 0.3) is 5.56 Å². The number of benzene rings is 1. The summed E-state index contributed by atoms with van der Waals surface area (Å²) in [4.78, 5) is 35.6. The number of hydrogen-bond acceptors (Lipinski definition) is 6. The third-order valence-electron chi connectivity index (χ3n) is 4.89. The number of carbonyl (C=O) groups excluding carboxylic acids is 1. The molecule has 0 atom stereocenters. The monoisotopic (exact) mass is 439 g/mol. The Bertz CT molecular complexity index is 1320. The molecule has 3 heterocycles. The van der Waals surface area contributed by atoms with Gasteiger partial charge >= 0.3 is 0 Å². The summed E-state index contributed by atoms with van der Waals surface area (Å²) in [5, 5.41) is 1.26. The number of aryl methyl sites for hydroxylation is 4. The normalized spacial score (nSPS) is 11.2. The van der Waals surface area contributed by atoms with Crippen molar-refractivity contribution in [1.29, 1.82) is 0 Å². The van der Waals surface area contributed by atoms with Gasteiger partial charge in [0, 0.05) is 17.3 Å².